The van der Waals surface area contributed by atoms with E-state index in [0.29, 0.717) is 0 Å². The van der Waals surface area contributed by atoms with Gasteiger partial charge in [0.1, 0.15) is 4.71 Å². The molecule has 7 heavy (non-hydrogen) atoms. The number of thioether (sulfide) groups is 1. The predicted octanol–water partition coefficient (Wildman–Crippen LogP) is 0.593. The van der Waals surface area contributed by atoms with E-state index in [1.165, 1.54) is 11.8 Å². The van der Waals surface area contributed by atoms with Crippen molar-refractivity contribution in [2.24, 2.45) is 0 Å². The molecule has 0 spiro atoms. The number of hydrazine groups is 1. The zero-order valence-electron chi connectivity index (χ0n) is 3.30. The first-order valence-corrected chi connectivity index (χ1v) is 3.43. The van der Waals surface area contributed by atoms with Gasteiger partial charge in [-0.2, -0.15) is 0 Å². The fourth-order valence-electron chi connectivity index (χ4n) is 0.274. The van der Waals surface area contributed by atoms with Crippen LogP contribution in [0.3, 0.4) is 0 Å². The molecule has 1 saturated heterocycles. The third-order valence-electron chi connectivity index (χ3n) is 0.506. The Hall–Kier alpha value is 0.550. The van der Waals surface area contributed by atoms with Crippen molar-refractivity contribution in [1.29, 1.82) is 0 Å². The third kappa shape index (κ3) is 1.49. The van der Waals surface area contributed by atoms with Crippen LogP contribution in [0.15, 0.2) is 0 Å². The number of hydrogen-bond acceptors (Lipinski definition) is 3. The van der Waals surface area contributed by atoms with Crippen molar-refractivity contribution in [3.05, 3.63) is 0 Å². The van der Waals surface area contributed by atoms with Crippen molar-refractivity contribution in [3.8, 4) is 0 Å². The van der Waals surface area contributed by atoms with Gasteiger partial charge in [-0.1, -0.05) is 36.6 Å². The number of hydrogen-bond donors (Lipinski definition) is 2. The van der Waals surface area contributed by atoms with Crippen molar-refractivity contribution < 1.29 is 0 Å². The topological polar surface area (TPSA) is 24.1 Å². The highest BCUT2D eigenvalue weighted by Crippen LogP contribution is 2.15. The van der Waals surface area contributed by atoms with Crippen LogP contribution in [0.1, 0.15) is 0 Å². The molecule has 1 aliphatic rings. The molecular formula is C2H3N2S3. The molecule has 2 N–H and O–H groups in total. The Balaban J connectivity index is 2.40. The van der Waals surface area contributed by atoms with Gasteiger partial charge in [-0.25, -0.2) is 5.43 Å². The van der Waals surface area contributed by atoms with Gasteiger partial charge in [0, 0.05) is 0 Å². The molecule has 0 saturated carbocycles. The number of thiocarbonyl (C=S) groups is 1. The van der Waals surface area contributed by atoms with Crippen LogP contribution in [0.5, 0.6) is 0 Å². The molecule has 5 heteroatoms. The molecule has 1 heterocycles. The van der Waals surface area contributed by atoms with Crippen LogP contribution in [0.4, 0.5) is 0 Å². The third-order valence-corrected chi connectivity index (χ3v) is 1.95. The smallest absolute Gasteiger partial charge is 0.150 e. The first-order chi connectivity index (χ1) is 3.29. The van der Waals surface area contributed by atoms with E-state index in [-0.39, 0.29) is 4.71 Å². The molecule has 0 aliphatic carbocycles. The molecule has 1 atom stereocenters. The van der Waals surface area contributed by atoms with Crippen LogP contribution in [0, 0.1) is 0 Å². The lowest BCUT2D eigenvalue weighted by molar-refractivity contribution is 0.757. The van der Waals surface area contributed by atoms with E-state index in [9.17, 15) is 0 Å². The maximum atomic E-state index is 4.78. The molecule has 1 fully saturated rings. The van der Waals surface area contributed by atoms with E-state index in [4.69, 9.17) is 24.8 Å². The molecular weight excluding hydrogens is 148 g/mol. The Morgan fingerprint density at radius 1 is 1.71 bits per heavy atom. The first-order valence-electron chi connectivity index (χ1n) is 1.67. The van der Waals surface area contributed by atoms with E-state index in [2.05, 4.69) is 10.9 Å². The Bertz CT molecular complexity index is 92.9. The zero-order valence-corrected chi connectivity index (χ0v) is 5.75. The first kappa shape index (κ1) is 5.68. The van der Waals surface area contributed by atoms with Gasteiger partial charge in [-0.15, -0.1) is 0 Å². The van der Waals surface area contributed by atoms with Gasteiger partial charge in [0.05, 0.1) is 0 Å². The summed E-state index contributed by atoms with van der Waals surface area (Å²) in [6.07, 6.45) is 0. The van der Waals surface area contributed by atoms with Gasteiger partial charge in [-0.05, 0) is 0 Å². The largest absolute Gasteiger partial charge is 0.305 e. The van der Waals surface area contributed by atoms with Crippen LogP contribution < -0.4 is 10.9 Å². The van der Waals surface area contributed by atoms with Crippen LogP contribution in [0.25, 0.3) is 0 Å². The minimum atomic E-state index is 0.0208. The monoisotopic (exact) mass is 151 g/mol. The SMILES string of the molecule is [S]C1NNC(=S)S1. The maximum Gasteiger partial charge on any atom is 0.150 e. The second-order valence-corrected chi connectivity index (χ2v) is 3.56. The van der Waals surface area contributed by atoms with Crippen molar-refractivity contribution in [2.45, 2.75) is 4.71 Å². The van der Waals surface area contributed by atoms with Gasteiger partial charge < -0.3 is 5.43 Å². The number of nitrogens with one attached hydrogen (secondary N) is 2. The van der Waals surface area contributed by atoms with E-state index in [1.807, 2.05) is 0 Å². The van der Waals surface area contributed by atoms with Crippen molar-refractivity contribution in [2.75, 3.05) is 0 Å². The summed E-state index contributed by atoms with van der Waals surface area (Å²) in [5.41, 5.74) is 5.47. The molecule has 0 aromatic rings. The van der Waals surface area contributed by atoms with Crippen molar-refractivity contribution in [3.63, 3.8) is 0 Å². The molecule has 0 aromatic carbocycles. The maximum absolute atomic E-state index is 4.78. The normalized spacial score (nSPS) is 30.4. The highest BCUT2D eigenvalue weighted by Gasteiger charge is 2.13. The molecule has 0 aromatic heterocycles. The summed E-state index contributed by atoms with van der Waals surface area (Å²) in [7, 11) is 0. The van der Waals surface area contributed by atoms with Gasteiger partial charge in [0.25, 0.3) is 0 Å². The lowest BCUT2D eigenvalue weighted by Crippen LogP contribution is -2.27. The fraction of sp³-hybridized carbons (Fsp3) is 0.500. The van der Waals surface area contributed by atoms with Gasteiger partial charge in [0.2, 0.25) is 0 Å². The standard InChI is InChI=1S/C2H3N2S3/c5-1-3-4-2(6)7-1/h1,3H,(H,4,6). The summed E-state index contributed by atoms with van der Waals surface area (Å²) in [4.78, 5) is 0. The molecule has 1 radical (unpaired) electrons. The molecule has 1 unspecified atom stereocenters. The van der Waals surface area contributed by atoms with Crippen molar-refractivity contribution >= 4 is 40.9 Å². The number of rotatable bonds is 0. The van der Waals surface area contributed by atoms with E-state index >= 15 is 0 Å². The highest BCUT2D eigenvalue weighted by molar-refractivity contribution is 8.28. The summed E-state index contributed by atoms with van der Waals surface area (Å²) in [5.74, 6) is 0. The summed E-state index contributed by atoms with van der Waals surface area (Å²) < 4.78 is 0.757. The van der Waals surface area contributed by atoms with Gasteiger partial charge >= 0.3 is 0 Å². The summed E-state index contributed by atoms with van der Waals surface area (Å²) in [6.45, 7) is 0. The summed E-state index contributed by atoms with van der Waals surface area (Å²) in [6, 6.07) is 0. The molecule has 39 valence electrons. The predicted molar refractivity (Wildman–Crippen MR) is 37.8 cm³/mol. The fourth-order valence-corrected chi connectivity index (χ4v) is 1.58. The lowest BCUT2D eigenvalue weighted by atomic mass is 11.4. The molecule has 0 bridgehead atoms. The van der Waals surface area contributed by atoms with E-state index in [1.54, 1.807) is 0 Å². The summed E-state index contributed by atoms with van der Waals surface area (Å²) in [5, 5.41) is 0. The van der Waals surface area contributed by atoms with Crippen LogP contribution in [0.2, 0.25) is 0 Å². The Kier molecular flexibility index (Phi) is 1.80. The van der Waals surface area contributed by atoms with Gasteiger partial charge in [-0.3, -0.25) is 0 Å². The molecule has 0 amide bonds. The minimum Gasteiger partial charge on any atom is -0.305 e. The van der Waals surface area contributed by atoms with Crippen LogP contribution in [-0.4, -0.2) is 9.03 Å². The zero-order chi connectivity index (χ0) is 5.28. The quantitative estimate of drug-likeness (QED) is 0.495. The van der Waals surface area contributed by atoms with Gasteiger partial charge in [0.15, 0.2) is 4.32 Å². The highest BCUT2D eigenvalue weighted by atomic mass is 32.2. The van der Waals surface area contributed by atoms with E-state index < -0.39 is 0 Å². The average Bonchev–Trinajstić information content (AvgIpc) is 1.87. The Morgan fingerprint density at radius 3 is 2.57 bits per heavy atom. The Morgan fingerprint density at radius 2 is 2.43 bits per heavy atom. The molecule has 1 rings (SSSR count). The Labute approximate surface area is 56.8 Å². The average molecular weight is 151 g/mol. The minimum absolute atomic E-state index is 0.0208. The second-order valence-electron chi connectivity index (χ2n) is 1.01. The van der Waals surface area contributed by atoms with Crippen molar-refractivity contribution in [1.82, 2.24) is 10.9 Å². The van der Waals surface area contributed by atoms with Crippen LogP contribution in [-0.2, 0) is 0 Å². The molecule has 2 nitrogen and oxygen atoms in total. The summed E-state index contributed by atoms with van der Waals surface area (Å²) >= 11 is 10.9. The lowest BCUT2D eigenvalue weighted by Gasteiger charge is -1.90. The molecule has 1 aliphatic heterocycles. The second kappa shape index (κ2) is 2.21. The van der Waals surface area contributed by atoms with Crippen LogP contribution >= 0.6 is 36.6 Å². The van der Waals surface area contributed by atoms with E-state index in [0.717, 1.165) is 4.32 Å².